The van der Waals surface area contributed by atoms with E-state index in [9.17, 15) is 9.59 Å². The zero-order valence-corrected chi connectivity index (χ0v) is 18.2. The van der Waals surface area contributed by atoms with Crippen LogP contribution < -0.4 is 15.4 Å². The van der Waals surface area contributed by atoms with Gasteiger partial charge in [0.1, 0.15) is 15.6 Å². The molecule has 0 saturated carbocycles. The van der Waals surface area contributed by atoms with Gasteiger partial charge in [-0.3, -0.25) is 14.6 Å². The lowest BCUT2D eigenvalue weighted by atomic mass is 10.2. The molecule has 0 spiro atoms. The lowest BCUT2D eigenvalue weighted by Crippen LogP contribution is -2.13. The van der Waals surface area contributed by atoms with Crippen molar-refractivity contribution in [1.29, 1.82) is 0 Å². The number of pyridine rings is 1. The third-order valence-electron chi connectivity index (χ3n) is 4.34. The first-order valence-corrected chi connectivity index (χ1v) is 10.4. The number of carbonyl (C=O) groups excluding carboxylic acids is 2. The number of ether oxygens (including phenoxy) is 1. The molecule has 0 unspecified atom stereocenters. The second kappa shape index (κ2) is 9.49. The fourth-order valence-electron chi connectivity index (χ4n) is 3.00. The van der Waals surface area contributed by atoms with Gasteiger partial charge < -0.3 is 15.4 Å². The van der Waals surface area contributed by atoms with E-state index in [2.05, 4.69) is 27.5 Å². The van der Waals surface area contributed by atoms with Crippen LogP contribution in [0.5, 0.6) is 5.75 Å². The predicted octanol–water partition coefficient (Wildman–Crippen LogP) is 4.69. The third-order valence-corrected chi connectivity index (χ3v) is 5.55. The molecule has 3 rings (SSSR count). The van der Waals surface area contributed by atoms with Crippen molar-refractivity contribution >= 4 is 34.5 Å². The van der Waals surface area contributed by atoms with Crippen LogP contribution in [-0.2, 0) is 11.2 Å². The first-order valence-electron chi connectivity index (χ1n) is 9.61. The van der Waals surface area contributed by atoms with Gasteiger partial charge in [-0.2, -0.15) is 0 Å². The predicted molar refractivity (Wildman–Crippen MR) is 119 cm³/mol. The first-order chi connectivity index (χ1) is 14.4. The summed E-state index contributed by atoms with van der Waals surface area (Å²) in [6.07, 6.45) is 3.69. The summed E-state index contributed by atoms with van der Waals surface area (Å²) in [6.45, 7) is 5.35. The molecular weight excluding hydrogens is 400 g/mol. The summed E-state index contributed by atoms with van der Waals surface area (Å²) in [5, 5.41) is 6.35. The summed E-state index contributed by atoms with van der Waals surface area (Å²) < 4.78 is 5.34. The second-order valence-corrected chi connectivity index (χ2v) is 7.77. The Labute approximate surface area is 179 Å². The zero-order chi connectivity index (χ0) is 21.7. The van der Waals surface area contributed by atoms with Crippen molar-refractivity contribution in [2.75, 3.05) is 17.7 Å². The van der Waals surface area contributed by atoms with E-state index in [1.165, 1.54) is 25.4 Å². The molecule has 2 N–H and O–H groups in total. The molecule has 2 aromatic heterocycles. The SMILES string of the molecule is CCCc1cc(-c2nc(C)c(C(=O)Nc3cc(NC(C)=O)ccc3OC)s2)ccn1. The Morgan fingerprint density at radius 3 is 2.67 bits per heavy atom. The van der Waals surface area contributed by atoms with Gasteiger partial charge in [-0.1, -0.05) is 13.3 Å². The van der Waals surface area contributed by atoms with Gasteiger partial charge in [0.2, 0.25) is 5.91 Å². The van der Waals surface area contributed by atoms with Crippen LogP contribution in [-0.4, -0.2) is 28.9 Å². The summed E-state index contributed by atoms with van der Waals surface area (Å²) in [5.41, 5.74) is 3.65. The van der Waals surface area contributed by atoms with Crippen LogP contribution in [0.2, 0.25) is 0 Å². The molecule has 7 nitrogen and oxygen atoms in total. The minimum atomic E-state index is -0.280. The van der Waals surface area contributed by atoms with Gasteiger partial charge in [-0.05, 0) is 43.7 Å². The number of nitrogens with one attached hydrogen (secondary N) is 2. The van der Waals surface area contributed by atoms with Gasteiger partial charge in [-0.15, -0.1) is 11.3 Å². The minimum Gasteiger partial charge on any atom is -0.495 e. The van der Waals surface area contributed by atoms with E-state index >= 15 is 0 Å². The number of thiazole rings is 1. The quantitative estimate of drug-likeness (QED) is 0.574. The van der Waals surface area contributed by atoms with Crippen LogP contribution >= 0.6 is 11.3 Å². The molecular formula is C22H24N4O3S. The number of aromatic nitrogens is 2. The standard InChI is InChI=1S/C22H24N4O3S/c1-5-6-16-11-15(9-10-23-16)22-24-13(2)20(30-22)21(28)26-18-12-17(25-14(3)27)7-8-19(18)29-4/h7-12H,5-6H2,1-4H3,(H,25,27)(H,26,28). The van der Waals surface area contributed by atoms with Gasteiger partial charge in [0.25, 0.3) is 5.91 Å². The van der Waals surface area contributed by atoms with Gasteiger partial charge in [-0.25, -0.2) is 4.98 Å². The average molecular weight is 425 g/mol. The summed E-state index contributed by atoms with van der Waals surface area (Å²) >= 11 is 1.33. The molecule has 2 amide bonds. The molecule has 30 heavy (non-hydrogen) atoms. The number of hydrogen-bond donors (Lipinski definition) is 2. The molecule has 3 aromatic rings. The van der Waals surface area contributed by atoms with Gasteiger partial charge >= 0.3 is 0 Å². The summed E-state index contributed by atoms with van der Waals surface area (Å²) in [4.78, 5) is 33.8. The van der Waals surface area contributed by atoms with Crippen LogP contribution in [0.3, 0.4) is 0 Å². The Kier molecular flexibility index (Phi) is 6.79. The largest absolute Gasteiger partial charge is 0.495 e. The van der Waals surface area contributed by atoms with Crippen LogP contribution in [0.25, 0.3) is 10.6 Å². The van der Waals surface area contributed by atoms with Crippen LogP contribution in [0.15, 0.2) is 36.5 Å². The van der Waals surface area contributed by atoms with E-state index < -0.39 is 0 Å². The molecule has 0 radical (unpaired) electrons. The van der Waals surface area contributed by atoms with Gasteiger partial charge in [0.05, 0.1) is 18.5 Å². The Balaban J connectivity index is 1.86. The maximum absolute atomic E-state index is 13.0. The summed E-state index contributed by atoms with van der Waals surface area (Å²) in [7, 11) is 1.52. The van der Waals surface area contributed by atoms with Crippen LogP contribution in [0.1, 0.15) is 41.3 Å². The lowest BCUT2D eigenvalue weighted by Gasteiger charge is -2.12. The molecule has 2 heterocycles. The highest BCUT2D eigenvalue weighted by atomic mass is 32.1. The molecule has 0 atom stereocenters. The zero-order valence-electron chi connectivity index (χ0n) is 17.4. The number of hydrogen-bond acceptors (Lipinski definition) is 6. The first kappa shape index (κ1) is 21.4. The highest BCUT2D eigenvalue weighted by molar-refractivity contribution is 7.17. The molecule has 0 aliphatic carbocycles. The van der Waals surface area contributed by atoms with Crippen molar-refractivity contribution in [2.24, 2.45) is 0 Å². The van der Waals surface area contributed by atoms with Crippen molar-refractivity contribution in [3.63, 3.8) is 0 Å². The van der Waals surface area contributed by atoms with Crippen molar-refractivity contribution < 1.29 is 14.3 Å². The van der Waals surface area contributed by atoms with E-state index in [0.717, 1.165) is 29.1 Å². The minimum absolute atomic E-state index is 0.194. The highest BCUT2D eigenvalue weighted by Crippen LogP contribution is 2.32. The van der Waals surface area contributed by atoms with E-state index in [-0.39, 0.29) is 11.8 Å². The monoisotopic (exact) mass is 424 g/mol. The number of methoxy groups -OCH3 is 1. The van der Waals surface area contributed by atoms with E-state index in [0.29, 0.717) is 27.7 Å². The van der Waals surface area contributed by atoms with Crippen LogP contribution in [0.4, 0.5) is 11.4 Å². The highest BCUT2D eigenvalue weighted by Gasteiger charge is 2.18. The molecule has 156 valence electrons. The normalized spacial score (nSPS) is 10.5. The number of aryl methyl sites for hydroxylation is 2. The Morgan fingerprint density at radius 1 is 1.17 bits per heavy atom. The molecule has 1 aromatic carbocycles. The van der Waals surface area contributed by atoms with E-state index in [1.54, 1.807) is 24.4 Å². The molecule has 0 fully saturated rings. The third kappa shape index (κ3) is 5.01. The van der Waals surface area contributed by atoms with Crippen molar-refractivity contribution in [2.45, 2.75) is 33.6 Å². The van der Waals surface area contributed by atoms with Crippen molar-refractivity contribution in [3.8, 4) is 16.3 Å². The number of benzene rings is 1. The lowest BCUT2D eigenvalue weighted by molar-refractivity contribution is -0.114. The maximum Gasteiger partial charge on any atom is 0.267 e. The fourth-order valence-corrected chi connectivity index (χ4v) is 3.96. The maximum atomic E-state index is 13.0. The van der Waals surface area contributed by atoms with E-state index in [1.807, 2.05) is 19.1 Å². The van der Waals surface area contributed by atoms with Gasteiger partial charge in [0, 0.05) is 30.1 Å². The van der Waals surface area contributed by atoms with Crippen molar-refractivity contribution in [3.05, 3.63) is 52.8 Å². The number of amides is 2. The molecule has 0 aliphatic rings. The van der Waals surface area contributed by atoms with Crippen molar-refractivity contribution in [1.82, 2.24) is 9.97 Å². The Hall–Kier alpha value is -3.26. The van der Waals surface area contributed by atoms with Gasteiger partial charge in [0.15, 0.2) is 0 Å². The topological polar surface area (TPSA) is 93.2 Å². The number of anilines is 2. The number of nitrogens with zero attached hydrogens (tertiary/aromatic N) is 2. The molecule has 0 bridgehead atoms. The summed E-state index contributed by atoms with van der Waals surface area (Å²) in [6, 6.07) is 8.99. The molecule has 0 aliphatic heterocycles. The smallest absolute Gasteiger partial charge is 0.267 e. The molecule has 0 saturated heterocycles. The summed E-state index contributed by atoms with van der Waals surface area (Å²) in [5.74, 6) is 0.0238. The average Bonchev–Trinajstić information content (AvgIpc) is 3.10. The fraction of sp³-hybridized carbons (Fsp3) is 0.273. The molecule has 8 heteroatoms. The number of rotatable bonds is 7. The second-order valence-electron chi connectivity index (χ2n) is 6.77. The van der Waals surface area contributed by atoms with E-state index in [4.69, 9.17) is 4.74 Å². The number of carbonyl (C=O) groups is 2. The Bertz CT molecular complexity index is 1080. The van der Waals surface area contributed by atoms with Crippen LogP contribution in [0, 0.1) is 6.92 Å². The Morgan fingerprint density at radius 2 is 1.97 bits per heavy atom.